The van der Waals surface area contributed by atoms with Crippen LogP contribution in [0.3, 0.4) is 0 Å². The minimum absolute atomic E-state index is 0.162. The van der Waals surface area contributed by atoms with Crippen LogP contribution in [0.15, 0.2) is 0 Å². The van der Waals surface area contributed by atoms with Crippen molar-refractivity contribution in [3.63, 3.8) is 0 Å². The maximum absolute atomic E-state index is 11.0. The Kier molecular flexibility index (Phi) is 4.23. The van der Waals surface area contributed by atoms with E-state index in [4.69, 9.17) is 10.8 Å². The van der Waals surface area contributed by atoms with Crippen molar-refractivity contribution in [3.8, 4) is 0 Å². The number of hydrogen-bond donors (Lipinski definition) is 2. The summed E-state index contributed by atoms with van der Waals surface area (Å²) in [6, 6.07) is 0. The van der Waals surface area contributed by atoms with E-state index >= 15 is 0 Å². The van der Waals surface area contributed by atoms with Crippen LogP contribution in [0.25, 0.3) is 0 Å². The molecule has 17 heavy (non-hydrogen) atoms. The van der Waals surface area contributed by atoms with Gasteiger partial charge in [-0.25, -0.2) is 0 Å². The smallest absolute Gasteiger partial charge is 0.303 e. The van der Waals surface area contributed by atoms with Gasteiger partial charge in [0.15, 0.2) is 0 Å². The van der Waals surface area contributed by atoms with E-state index < -0.39 is 5.97 Å². The lowest BCUT2D eigenvalue weighted by Gasteiger charge is -2.32. The third kappa shape index (κ3) is 3.21. The summed E-state index contributed by atoms with van der Waals surface area (Å²) in [6.07, 6.45) is 3.31. The third-order valence-corrected chi connectivity index (χ3v) is 4.51. The van der Waals surface area contributed by atoms with E-state index in [1.165, 1.54) is 0 Å². The Morgan fingerprint density at radius 3 is 2.29 bits per heavy atom. The molecule has 0 aromatic carbocycles. The summed E-state index contributed by atoms with van der Waals surface area (Å²) in [6.45, 7) is 9.48. The molecule has 0 aliphatic heterocycles. The molecule has 0 radical (unpaired) electrons. The molecule has 0 amide bonds. The van der Waals surface area contributed by atoms with Crippen molar-refractivity contribution in [3.05, 3.63) is 0 Å². The summed E-state index contributed by atoms with van der Waals surface area (Å²) in [4.78, 5) is 11.0. The van der Waals surface area contributed by atoms with E-state index in [-0.39, 0.29) is 17.3 Å². The van der Waals surface area contributed by atoms with Gasteiger partial charge >= 0.3 is 5.97 Å². The number of aliphatic carboxylic acids is 1. The van der Waals surface area contributed by atoms with Crippen molar-refractivity contribution in [2.24, 2.45) is 28.4 Å². The summed E-state index contributed by atoms with van der Waals surface area (Å²) < 4.78 is 0. The second-order valence-electron chi connectivity index (χ2n) is 6.82. The molecule has 1 aliphatic carbocycles. The van der Waals surface area contributed by atoms with Gasteiger partial charge in [0.1, 0.15) is 0 Å². The molecular weight excluding hydrogens is 214 g/mol. The zero-order valence-corrected chi connectivity index (χ0v) is 11.6. The Labute approximate surface area is 105 Å². The van der Waals surface area contributed by atoms with Crippen molar-refractivity contribution in [1.82, 2.24) is 0 Å². The molecule has 1 saturated carbocycles. The van der Waals surface area contributed by atoms with E-state index in [9.17, 15) is 4.79 Å². The summed E-state index contributed by atoms with van der Waals surface area (Å²) >= 11 is 0. The van der Waals surface area contributed by atoms with Gasteiger partial charge < -0.3 is 10.8 Å². The Morgan fingerprint density at radius 2 is 2.00 bits per heavy atom. The Bertz CT molecular complexity index is 282. The highest BCUT2D eigenvalue weighted by atomic mass is 16.4. The van der Waals surface area contributed by atoms with Crippen LogP contribution in [0.1, 0.15) is 53.4 Å². The minimum Gasteiger partial charge on any atom is -0.481 e. The lowest BCUT2D eigenvalue weighted by molar-refractivity contribution is -0.139. The summed E-state index contributed by atoms with van der Waals surface area (Å²) in [5, 5.41) is 9.06. The maximum atomic E-state index is 11.0. The van der Waals surface area contributed by atoms with Crippen molar-refractivity contribution >= 4 is 5.97 Å². The zero-order valence-electron chi connectivity index (χ0n) is 11.6. The van der Waals surface area contributed by atoms with Crippen LogP contribution in [-0.4, -0.2) is 17.6 Å². The van der Waals surface area contributed by atoms with E-state index in [0.717, 1.165) is 19.3 Å². The van der Waals surface area contributed by atoms with Crippen LogP contribution in [0.4, 0.5) is 0 Å². The number of carbonyl (C=O) groups is 1. The van der Waals surface area contributed by atoms with Gasteiger partial charge in [0.25, 0.3) is 0 Å². The zero-order chi connectivity index (χ0) is 13.3. The standard InChI is InChI=1S/C14H27NO2/c1-5-10-6-14(9-15,8-12(16)17)7-11(10)13(2,3)4/h10-11H,5-9,15H2,1-4H3,(H,16,17)/t10?,11?,14-/m1/s1. The lowest BCUT2D eigenvalue weighted by Crippen LogP contribution is -2.31. The summed E-state index contributed by atoms with van der Waals surface area (Å²) in [5.41, 5.74) is 5.96. The number of carboxylic acids is 1. The van der Waals surface area contributed by atoms with Crippen LogP contribution in [0.2, 0.25) is 0 Å². The predicted molar refractivity (Wildman–Crippen MR) is 69.7 cm³/mol. The fraction of sp³-hybridized carbons (Fsp3) is 0.929. The Balaban J connectivity index is 2.89. The van der Waals surface area contributed by atoms with Crippen molar-refractivity contribution in [2.45, 2.75) is 53.4 Å². The second kappa shape index (κ2) is 4.97. The molecule has 0 heterocycles. The molecule has 3 heteroatoms. The fourth-order valence-corrected chi connectivity index (χ4v) is 3.56. The minimum atomic E-state index is -0.708. The second-order valence-corrected chi connectivity index (χ2v) is 6.82. The van der Waals surface area contributed by atoms with E-state index in [1.807, 2.05) is 0 Å². The Hall–Kier alpha value is -0.570. The average Bonchev–Trinajstić information content (AvgIpc) is 2.56. The topological polar surface area (TPSA) is 63.3 Å². The van der Waals surface area contributed by atoms with Crippen molar-refractivity contribution < 1.29 is 9.90 Å². The van der Waals surface area contributed by atoms with E-state index in [0.29, 0.717) is 18.4 Å². The molecule has 3 nitrogen and oxygen atoms in total. The van der Waals surface area contributed by atoms with Crippen molar-refractivity contribution in [1.29, 1.82) is 0 Å². The Morgan fingerprint density at radius 1 is 1.41 bits per heavy atom. The molecule has 1 rings (SSSR count). The molecule has 0 spiro atoms. The van der Waals surface area contributed by atoms with E-state index in [1.54, 1.807) is 0 Å². The first-order valence-electron chi connectivity index (χ1n) is 6.66. The largest absolute Gasteiger partial charge is 0.481 e. The predicted octanol–water partition coefficient (Wildman–Crippen LogP) is 2.89. The molecule has 3 atom stereocenters. The van der Waals surface area contributed by atoms with Crippen LogP contribution in [-0.2, 0) is 4.79 Å². The lowest BCUT2D eigenvalue weighted by atomic mass is 9.73. The highest BCUT2D eigenvalue weighted by Crippen LogP contribution is 2.54. The summed E-state index contributed by atoms with van der Waals surface area (Å²) in [7, 11) is 0. The van der Waals surface area contributed by atoms with Gasteiger partial charge in [0.05, 0.1) is 6.42 Å². The first-order chi connectivity index (χ1) is 7.74. The molecule has 1 aliphatic rings. The maximum Gasteiger partial charge on any atom is 0.303 e. The van der Waals surface area contributed by atoms with Gasteiger partial charge in [-0.05, 0) is 42.1 Å². The van der Waals surface area contributed by atoms with Gasteiger partial charge in [0.2, 0.25) is 0 Å². The molecule has 0 aromatic rings. The molecule has 0 bridgehead atoms. The first kappa shape index (κ1) is 14.5. The average molecular weight is 241 g/mol. The van der Waals surface area contributed by atoms with Gasteiger partial charge in [-0.15, -0.1) is 0 Å². The van der Waals surface area contributed by atoms with Crippen LogP contribution in [0.5, 0.6) is 0 Å². The molecule has 2 unspecified atom stereocenters. The fourth-order valence-electron chi connectivity index (χ4n) is 3.56. The van der Waals surface area contributed by atoms with Crippen molar-refractivity contribution in [2.75, 3.05) is 6.54 Å². The van der Waals surface area contributed by atoms with Gasteiger partial charge in [-0.3, -0.25) is 4.79 Å². The number of hydrogen-bond acceptors (Lipinski definition) is 2. The molecular formula is C14H27NO2. The number of carboxylic acid groups (broad SMARTS) is 1. The number of rotatable bonds is 4. The van der Waals surface area contributed by atoms with Gasteiger partial charge in [-0.2, -0.15) is 0 Å². The van der Waals surface area contributed by atoms with Gasteiger partial charge in [0, 0.05) is 0 Å². The van der Waals surface area contributed by atoms with Crippen LogP contribution < -0.4 is 5.73 Å². The molecule has 3 N–H and O–H groups in total. The molecule has 0 saturated heterocycles. The monoisotopic (exact) mass is 241 g/mol. The normalized spacial score (nSPS) is 33.9. The first-order valence-corrected chi connectivity index (χ1v) is 6.66. The van der Waals surface area contributed by atoms with Gasteiger partial charge in [-0.1, -0.05) is 34.1 Å². The molecule has 0 aromatic heterocycles. The molecule has 1 fully saturated rings. The highest BCUT2D eigenvalue weighted by Gasteiger charge is 2.48. The third-order valence-electron chi connectivity index (χ3n) is 4.51. The molecule has 100 valence electrons. The van der Waals surface area contributed by atoms with E-state index in [2.05, 4.69) is 27.7 Å². The number of nitrogens with two attached hydrogens (primary N) is 1. The quantitative estimate of drug-likeness (QED) is 0.795. The van der Waals surface area contributed by atoms with Crippen LogP contribution in [0, 0.1) is 22.7 Å². The highest BCUT2D eigenvalue weighted by molar-refractivity contribution is 5.67. The SMILES string of the molecule is CCC1C[C@](CN)(CC(=O)O)CC1C(C)(C)C. The summed E-state index contributed by atoms with van der Waals surface area (Å²) in [5.74, 6) is 0.508. The van der Waals surface area contributed by atoms with Crippen LogP contribution >= 0.6 is 0 Å².